The zero-order valence-electron chi connectivity index (χ0n) is 10.9. The van der Waals surface area contributed by atoms with Gasteiger partial charge in [0.2, 0.25) is 0 Å². The first-order valence-electron chi connectivity index (χ1n) is 6.40. The molecule has 0 heterocycles. The van der Waals surface area contributed by atoms with Gasteiger partial charge in [-0.3, -0.25) is 4.79 Å². The number of nitrogens with one attached hydrogen (secondary N) is 2. The van der Waals surface area contributed by atoms with Crippen LogP contribution in [-0.4, -0.2) is 42.4 Å². The molecule has 1 aliphatic rings. The predicted octanol–water partition coefficient (Wildman–Crippen LogP) is 0.964. The lowest BCUT2D eigenvalue weighted by molar-refractivity contribution is -0.141. The summed E-state index contributed by atoms with van der Waals surface area (Å²) >= 11 is 0. The van der Waals surface area contributed by atoms with Gasteiger partial charge in [0, 0.05) is 12.6 Å². The Morgan fingerprint density at radius 2 is 2.17 bits per heavy atom. The number of ether oxygens (including phenoxy) is 1. The van der Waals surface area contributed by atoms with Gasteiger partial charge in [0.25, 0.3) is 0 Å². The van der Waals surface area contributed by atoms with Crippen molar-refractivity contribution in [2.24, 2.45) is 5.92 Å². The minimum atomic E-state index is -0.774. The molecule has 0 aliphatic heterocycles. The van der Waals surface area contributed by atoms with Crippen LogP contribution < -0.4 is 10.6 Å². The van der Waals surface area contributed by atoms with Crippen LogP contribution in [0, 0.1) is 5.92 Å². The molecule has 18 heavy (non-hydrogen) atoms. The molecule has 0 bridgehead atoms. The molecule has 6 heteroatoms. The van der Waals surface area contributed by atoms with E-state index in [0.29, 0.717) is 26.1 Å². The summed E-state index contributed by atoms with van der Waals surface area (Å²) in [4.78, 5) is 22.4. The Hall–Kier alpha value is -1.30. The molecule has 0 aromatic heterocycles. The highest BCUT2D eigenvalue weighted by molar-refractivity contribution is 5.75. The maximum absolute atomic E-state index is 11.6. The van der Waals surface area contributed by atoms with Gasteiger partial charge in [0.1, 0.15) is 0 Å². The molecule has 1 rings (SSSR count). The van der Waals surface area contributed by atoms with Gasteiger partial charge in [-0.15, -0.1) is 0 Å². The lowest BCUT2D eigenvalue weighted by Gasteiger charge is -2.17. The molecular weight excluding hydrogens is 236 g/mol. The van der Waals surface area contributed by atoms with E-state index in [4.69, 9.17) is 9.84 Å². The number of hydrogen-bond acceptors (Lipinski definition) is 3. The standard InChI is InChI=1S/C12H22N2O4/c1-3-18-7-8(2)13-12(17)14-10-5-4-9(6-10)11(15)16/h8-10H,3-7H2,1-2H3,(H,15,16)(H2,13,14,17). The van der Waals surface area contributed by atoms with Gasteiger partial charge in [-0.1, -0.05) is 0 Å². The lowest BCUT2D eigenvalue weighted by atomic mass is 10.1. The van der Waals surface area contributed by atoms with Crippen molar-refractivity contribution in [1.29, 1.82) is 0 Å². The second-order valence-electron chi connectivity index (χ2n) is 4.72. The fourth-order valence-corrected chi connectivity index (χ4v) is 2.12. The Balaban J connectivity index is 2.23. The maximum atomic E-state index is 11.6. The average molecular weight is 258 g/mol. The summed E-state index contributed by atoms with van der Waals surface area (Å²) in [6, 6.07) is -0.342. The third kappa shape index (κ3) is 4.91. The summed E-state index contributed by atoms with van der Waals surface area (Å²) in [5.41, 5.74) is 0. The molecule has 1 fully saturated rings. The summed E-state index contributed by atoms with van der Waals surface area (Å²) < 4.78 is 5.19. The number of carboxylic acids is 1. The highest BCUT2D eigenvalue weighted by atomic mass is 16.5. The van der Waals surface area contributed by atoms with Crippen molar-refractivity contribution >= 4 is 12.0 Å². The van der Waals surface area contributed by atoms with Crippen molar-refractivity contribution in [3.05, 3.63) is 0 Å². The number of urea groups is 1. The molecule has 0 aromatic rings. The van der Waals surface area contributed by atoms with E-state index in [9.17, 15) is 9.59 Å². The molecule has 1 aliphatic carbocycles. The molecule has 0 spiro atoms. The Morgan fingerprint density at radius 1 is 1.44 bits per heavy atom. The van der Waals surface area contributed by atoms with Crippen LogP contribution in [0.2, 0.25) is 0 Å². The Labute approximate surface area is 107 Å². The van der Waals surface area contributed by atoms with Crippen LogP contribution in [0.5, 0.6) is 0 Å². The molecule has 0 aromatic carbocycles. The first-order valence-corrected chi connectivity index (χ1v) is 6.40. The molecule has 3 N–H and O–H groups in total. The number of hydrogen-bond donors (Lipinski definition) is 3. The maximum Gasteiger partial charge on any atom is 0.315 e. The van der Waals surface area contributed by atoms with Gasteiger partial charge < -0.3 is 20.5 Å². The van der Waals surface area contributed by atoms with Crippen molar-refractivity contribution in [3.63, 3.8) is 0 Å². The van der Waals surface area contributed by atoms with Gasteiger partial charge in [-0.2, -0.15) is 0 Å². The number of aliphatic carboxylic acids is 1. The van der Waals surface area contributed by atoms with E-state index < -0.39 is 5.97 Å². The van der Waals surface area contributed by atoms with Crippen molar-refractivity contribution in [2.75, 3.05) is 13.2 Å². The summed E-state index contributed by atoms with van der Waals surface area (Å²) in [6.45, 7) is 4.87. The van der Waals surface area contributed by atoms with Crippen molar-refractivity contribution in [1.82, 2.24) is 10.6 Å². The zero-order chi connectivity index (χ0) is 13.5. The molecule has 3 atom stereocenters. The van der Waals surface area contributed by atoms with E-state index in [-0.39, 0.29) is 24.0 Å². The van der Waals surface area contributed by atoms with Crippen LogP contribution in [-0.2, 0) is 9.53 Å². The van der Waals surface area contributed by atoms with Gasteiger partial charge in [-0.25, -0.2) is 4.79 Å². The second kappa shape index (κ2) is 7.20. The van der Waals surface area contributed by atoms with E-state index >= 15 is 0 Å². The summed E-state index contributed by atoms with van der Waals surface area (Å²) in [5, 5.41) is 14.4. The Bertz CT molecular complexity index is 296. The van der Waals surface area contributed by atoms with E-state index in [1.165, 1.54) is 0 Å². The minimum absolute atomic E-state index is 0.0367. The largest absolute Gasteiger partial charge is 0.481 e. The normalized spacial score (nSPS) is 24.6. The van der Waals surface area contributed by atoms with E-state index in [0.717, 1.165) is 6.42 Å². The van der Waals surface area contributed by atoms with Gasteiger partial charge in [0.15, 0.2) is 0 Å². The quantitative estimate of drug-likeness (QED) is 0.662. The average Bonchev–Trinajstić information content (AvgIpc) is 2.74. The van der Waals surface area contributed by atoms with Crippen molar-refractivity contribution in [2.45, 2.75) is 45.2 Å². The van der Waals surface area contributed by atoms with E-state index in [1.807, 2.05) is 13.8 Å². The summed E-state index contributed by atoms with van der Waals surface area (Å²) in [6.07, 6.45) is 1.88. The van der Waals surface area contributed by atoms with Crippen LogP contribution in [0.25, 0.3) is 0 Å². The Kier molecular flexibility index (Phi) is 5.91. The molecule has 1 saturated carbocycles. The zero-order valence-corrected chi connectivity index (χ0v) is 10.9. The number of carbonyl (C=O) groups excluding carboxylic acids is 1. The van der Waals surface area contributed by atoms with Crippen molar-refractivity contribution < 1.29 is 19.4 Å². The van der Waals surface area contributed by atoms with Crippen LogP contribution >= 0.6 is 0 Å². The van der Waals surface area contributed by atoms with Gasteiger partial charge >= 0.3 is 12.0 Å². The highest BCUT2D eigenvalue weighted by Crippen LogP contribution is 2.25. The predicted molar refractivity (Wildman–Crippen MR) is 66.4 cm³/mol. The van der Waals surface area contributed by atoms with Crippen molar-refractivity contribution in [3.8, 4) is 0 Å². The lowest BCUT2D eigenvalue weighted by Crippen LogP contribution is -2.46. The van der Waals surface area contributed by atoms with E-state index in [2.05, 4.69) is 10.6 Å². The number of rotatable bonds is 6. The SMILES string of the molecule is CCOCC(C)NC(=O)NC1CCC(C(=O)O)C1. The third-order valence-electron chi connectivity index (χ3n) is 3.07. The molecule has 0 saturated heterocycles. The number of carbonyl (C=O) groups is 2. The summed E-state index contributed by atoms with van der Waals surface area (Å²) in [7, 11) is 0. The molecule has 104 valence electrons. The first-order chi connectivity index (χ1) is 8.52. The second-order valence-corrected chi connectivity index (χ2v) is 4.72. The van der Waals surface area contributed by atoms with Crippen LogP contribution in [0.1, 0.15) is 33.1 Å². The Morgan fingerprint density at radius 3 is 2.72 bits per heavy atom. The van der Waals surface area contributed by atoms with Crippen LogP contribution in [0.4, 0.5) is 4.79 Å². The number of carboxylic acid groups (broad SMARTS) is 1. The topological polar surface area (TPSA) is 87.7 Å². The van der Waals surface area contributed by atoms with Gasteiger partial charge in [-0.05, 0) is 33.1 Å². The minimum Gasteiger partial charge on any atom is -0.481 e. The molecule has 3 unspecified atom stereocenters. The molecular formula is C12H22N2O4. The highest BCUT2D eigenvalue weighted by Gasteiger charge is 2.30. The fraction of sp³-hybridized carbons (Fsp3) is 0.833. The smallest absolute Gasteiger partial charge is 0.315 e. The molecule has 2 amide bonds. The van der Waals surface area contributed by atoms with E-state index in [1.54, 1.807) is 0 Å². The fourth-order valence-electron chi connectivity index (χ4n) is 2.12. The monoisotopic (exact) mass is 258 g/mol. The summed E-state index contributed by atoms with van der Waals surface area (Å²) in [5.74, 6) is -1.10. The molecule has 0 radical (unpaired) electrons. The number of amides is 2. The van der Waals surface area contributed by atoms with Gasteiger partial charge in [0.05, 0.1) is 18.6 Å². The van der Waals surface area contributed by atoms with Crippen LogP contribution in [0.3, 0.4) is 0 Å². The third-order valence-corrected chi connectivity index (χ3v) is 3.07. The molecule has 6 nitrogen and oxygen atoms in total. The van der Waals surface area contributed by atoms with Crippen LogP contribution in [0.15, 0.2) is 0 Å². The first kappa shape index (κ1) is 14.8.